The summed E-state index contributed by atoms with van der Waals surface area (Å²) >= 11 is 2.73. The van der Waals surface area contributed by atoms with Crippen LogP contribution in [0.5, 0.6) is 0 Å². The molecule has 1 aromatic heterocycles. The van der Waals surface area contributed by atoms with Crippen LogP contribution in [0.15, 0.2) is 47.2 Å². The Bertz CT molecular complexity index is 600. The minimum atomic E-state index is -4.39. The molecule has 0 aliphatic carbocycles. The molecular formula is C16H16F3NOS2. The molecule has 0 aliphatic heterocycles. The number of alkyl halides is 3. The molecule has 124 valence electrons. The van der Waals surface area contributed by atoms with Crippen LogP contribution in [0.2, 0.25) is 0 Å². The number of hydrogen-bond acceptors (Lipinski definition) is 3. The van der Waals surface area contributed by atoms with E-state index in [4.69, 9.17) is 0 Å². The molecule has 1 heterocycles. The van der Waals surface area contributed by atoms with Crippen LogP contribution in [0.1, 0.15) is 11.1 Å². The topological polar surface area (TPSA) is 20.3 Å². The maximum absolute atomic E-state index is 12.7. The highest BCUT2D eigenvalue weighted by Gasteiger charge is 2.32. The molecule has 2 nitrogen and oxygen atoms in total. The lowest BCUT2D eigenvalue weighted by Crippen LogP contribution is -2.39. The minimum absolute atomic E-state index is 0.00621. The van der Waals surface area contributed by atoms with Gasteiger partial charge >= 0.3 is 6.18 Å². The van der Waals surface area contributed by atoms with Gasteiger partial charge < -0.3 is 4.90 Å². The van der Waals surface area contributed by atoms with Gasteiger partial charge in [-0.3, -0.25) is 4.79 Å². The largest absolute Gasteiger partial charge is 0.406 e. The van der Waals surface area contributed by atoms with Crippen LogP contribution in [0.25, 0.3) is 0 Å². The van der Waals surface area contributed by atoms with E-state index >= 15 is 0 Å². The summed E-state index contributed by atoms with van der Waals surface area (Å²) in [6, 6.07) is 11.3. The Kier molecular flexibility index (Phi) is 6.53. The van der Waals surface area contributed by atoms with Crippen molar-refractivity contribution < 1.29 is 18.0 Å². The second-order valence-corrected chi connectivity index (χ2v) is 6.74. The Balaban J connectivity index is 1.90. The first-order valence-electron chi connectivity index (χ1n) is 6.91. The Hall–Kier alpha value is -1.47. The number of thioether (sulfide) groups is 1. The van der Waals surface area contributed by atoms with Crippen LogP contribution in [0.3, 0.4) is 0 Å². The second kappa shape index (κ2) is 8.40. The monoisotopic (exact) mass is 359 g/mol. The molecule has 1 amide bonds. The fourth-order valence-corrected chi connectivity index (χ4v) is 3.52. The van der Waals surface area contributed by atoms with Crippen molar-refractivity contribution in [2.24, 2.45) is 0 Å². The number of hydrogen-bond donors (Lipinski definition) is 0. The summed E-state index contributed by atoms with van der Waals surface area (Å²) in [5, 5.41) is 3.55. The molecular weight excluding hydrogens is 343 g/mol. The van der Waals surface area contributed by atoms with Crippen LogP contribution >= 0.6 is 23.1 Å². The predicted octanol–water partition coefficient (Wildman–Crippen LogP) is 4.57. The molecule has 0 bridgehead atoms. The smallest absolute Gasteiger partial charge is 0.329 e. The summed E-state index contributed by atoms with van der Waals surface area (Å²) in [5.41, 5.74) is 1.77. The van der Waals surface area contributed by atoms with Gasteiger partial charge in [0.05, 0.1) is 5.75 Å². The number of nitrogens with zero attached hydrogens (tertiary/aromatic N) is 1. The quantitative estimate of drug-likeness (QED) is 0.722. The van der Waals surface area contributed by atoms with Crippen molar-refractivity contribution >= 4 is 29.0 Å². The number of amides is 1. The Morgan fingerprint density at radius 2 is 1.87 bits per heavy atom. The first-order valence-corrected chi connectivity index (χ1v) is 9.01. The number of benzene rings is 1. The van der Waals surface area contributed by atoms with Crippen molar-refractivity contribution in [2.45, 2.75) is 18.5 Å². The zero-order valence-electron chi connectivity index (χ0n) is 12.3. The van der Waals surface area contributed by atoms with Crippen molar-refractivity contribution in [3.63, 3.8) is 0 Å². The fourth-order valence-electron chi connectivity index (χ4n) is 1.97. The lowest BCUT2D eigenvalue weighted by atomic mass is 10.2. The zero-order chi connectivity index (χ0) is 16.7. The first kappa shape index (κ1) is 17.9. The molecule has 0 unspecified atom stereocenters. The number of rotatable bonds is 7. The third kappa shape index (κ3) is 6.66. The zero-order valence-corrected chi connectivity index (χ0v) is 13.9. The van der Waals surface area contributed by atoms with Gasteiger partial charge in [-0.05, 0) is 28.0 Å². The highest BCUT2D eigenvalue weighted by molar-refractivity contribution is 7.99. The molecule has 2 rings (SSSR count). The first-order chi connectivity index (χ1) is 10.9. The van der Waals surface area contributed by atoms with E-state index in [0.717, 1.165) is 16.0 Å². The normalized spacial score (nSPS) is 11.4. The molecule has 0 spiro atoms. The van der Waals surface area contributed by atoms with Crippen molar-refractivity contribution in [1.29, 1.82) is 0 Å². The highest BCUT2D eigenvalue weighted by atomic mass is 32.2. The maximum atomic E-state index is 12.7. The summed E-state index contributed by atoms with van der Waals surface area (Å²) in [4.78, 5) is 13.0. The predicted molar refractivity (Wildman–Crippen MR) is 88.4 cm³/mol. The average molecular weight is 359 g/mol. The molecule has 0 fully saturated rings. The Morgan fingerprint density at radius 3 is 2.48 bits per heavy atom. The third-order valence-corrected chi connectivity index (χ3v) is 4.73. The van der Waals surface area contributed by atoms with E-state index in [9.17, 15) is 18.0 Å². The van der Waals surface area contributed by atoms with Crippen molar-refractivity contribution in [1.82, 2.24) is 4.90 Å². The Morgan fingerprint density at radius 1 is 1.13 bits per heavy atom. The van der Waals surface area contributed by atoms with Gasteiger partial charge in [0.1, 0.15) is 6.54 Å². The van der Waals surface area contributed by atoms with Crippen molar-refractivity contribution in [3.05, 3.63) is 58.3 Å². The number of thiophene rings is 1. The lowest BCUT2D eigenvalue weighted by Gasteiger charge is -2.23. The van der Waals surface area contributed by atoms with Gasteiger partial charge in [0.2, 0.25) is 5.91 Å². The highest BCUT2D eigenvalue weighted by Crippen LogP contribution is 2.21. The van der Waals surface area contributed by atoms with Gasteiger partial charge in [-0.25, -0.2) is 0 Å². The number of carbonyl (C=O) groups excluding carboxylic acids is 1. The van der Waals surface area contributed by atoms with E-state index < -0.39 is 18.6 Å². The lowest BCUT2D eigenvalue weighted by molar-refractivity contribution is -0.160. The molecule has 0 saturated carbocycles. The van der Waals surface area contributed by atoms with Crippen LogP contribution < -0.4 is 0 Å². The van der Waals surface area contributed by atoms with E-state index in [1.807, 2.05) is 30.3 Å². The third-order valence-electron chi connectivity index (χ3n) is 3.01. The number of halogens is 3. The molecule has 2 aromatic rings. The van der Waals surface area contributed by atoms with Crippen LogP contribution in [0, 0.1) is 0 Å². The summed E-state index contributed by atoms with van der Waals surface area (Å²) < 4.78 is 38.1. The fraction of sp³-hybridized carbons (Fsp3) is 0.312. The molecule has 23 heavy (non-hydrogen) atoms. The van der Waals surface area contributed by atoms with E-state index in [-0.39, 0.29) is 12.3 Å². The summed E-state index contributed by atoms with van der Waals surface area (Å²) in [7, 11) is 0. The van der Waals surface area contributed by atoms with E-state index in [0.29, 0.717) is 5.75 Å². The van der Waals surface area contributed by atoms with Crippen LogP contribution in [0.4, 0.5) is 13.2 Å². The van der Waals surface area contributed by atoms with Crippen LogP contribution in [-0.2, 0) is 17.1 Å². The SMILES string of the molecule is O=C(CSCc1ccccc1)N(Cc1ccsc1)CC(F)(F)F. The molecule has 0 aliphatic rings. The van der Waals surface area contributed by atoms with Gasteiger partial charge in [-0.2, -0.15) is 24.5 Å². The van der Waals surface area contributed by atoms with Gasteiger partial charge in [-0.1, -0.05) is 30.3 Å². The molecule has 1 aromatic carbocycles. The summed E-state index contributed by atoms with van der Waals surface area (Å²) in [6.45, 7) is -1.22. The standard InChI is InChI=1S/C16H16F3NOS2/c17-16(18,19)12-20(8-14-6-7-22-10-14)15(21)11-23-9-13-4-2-1-3-5-13/h1-7,10H,8-9,11-12H2. The van der Waals surface area contributed by atoms with Crippen molar-refractivity contribution in [3.8, 4) is 0 Å². The molecule has 0 saturated heterocycles. The van der Waals surface area contributed by atoms with Gasteiger partial charge in [0, 0.05) is 12.3 Å². The number of carbonyl (C=O) groups is 1. The molecule has 0 N–H and O–H groups in total. The molecule has 7 heteroatoms. The average Bonchev–Trinajstić information content (AvgIpc) is 2.99. The van der Waals surface area contributed by atoms with Gasteiger partial charge in [-0.15, -0.1) is 11.8 Å². The Labute approximate surface area is 141 Å². The minimum Gasteiger partial charge on any atom is -0.329 e. The van der Waals surface area contributed by atoms with Gasteiger partial charge in [0.15, 0.2) is 0 Å². The summed E-state index contributed by atoms with van der Waals surface area (Å²) in [6.07, 6.45) is -4.39. The van der Waals surface area contributed by atoms with E-state index in [1.165, 1.54) is 23.1 Å². The van der Waals surface area contributed by atoms with Crippen molar-refractivity contribution in [2.75, 3.05) is 12.3 Å². The summed E-state index contributed by atoms with van der Waals surface area (Å²) in [5.74, 6) is 0.148. The van der Waals surface area contributed by atoms with E-state index in [2.05, 4.69) is 0 Å². The molecule has 0 radical (unpaired) electrons. The molecule has 0 atom stereocenters. The van der Waals surface area contributed by atoms with Gasteiger partial charge in [0.25, 0.3) is 0 Å². The van der Waals surface area contributed by atoms with Crippen LogP contribution in [-0.4, -0.2) is 29.3 Å². The van der Waals surface area contributed by atoms with E-state index in [1.54, 1.807) is 16.8 Å². The maximum Gasteiger partial charge on any atom is 0.406 e. The second-order valence-electron chi connectivity index (χ2n) is 4.97.